The fourth-order valence-electron chi connectivity index (χ4n) is 2.45. The van der Waals surface area contributed by atoms with Gasteiger partial charge in [-0.2, -0.15) is 0 Å². The van der Waals surface area contributed by atoms with E-state index in [4.69, 9.17) is 14.0 Å². The molecule has 136 valence electrons. The molecular weight excluding hydrogens is 327 g/mol. The smallest absolute Gasteiger partial charge is 0.457 e. The number of rotatable bonds is 5. The first-order valence-electron chi connectivity index (χ1n) is 8.91. The minimum atomic E-state index is -0.353. The number of benzene rings is 2. The van der Waals surface area contributed by atoms with Gasteiger partial charge < -0.3 is 14.0 Å². The quantitative estimate of drug-likeness (QED) is 0.606. The molecular formula is C21H25BO4. The van der Waals surface area contributed by atoms with Crippen molar-refractivity contribution in [1.82, 2.24) is 0 Å². The summed E-state index contributed by atoms with van der Waals surface area (Å²) in [6.07, 6.45) is 1.86. The number of esters is 1. The summed E-state index contributed by atoms with van der Waals surface area (Å²) >= 11 is 0. The highest BCUT2D eigenvalue weighted by Crippen LogP contribution is 2.11. The Morgan fingerprint density at radius 3 is 2.38 bits per heavy atom. The average molecular weight is 352 g/mol. The van der Waals surface area contributed by atoms with Crippen LogP contribution < -0.4 is 5.46 Å². The van der Waals surface area contributed by atoms with Crippen molar-refractivity contribution in [3.8, 4) is 0 Å². The van der Waals surface area contributed by atoms with Gasteiger partial charge in [0.15, 0.2) is 0 Å². The Morgan fingerprint density at radius 2 is 1.85 bits per heavy atom. The summed E-state index contributed by atoms with van der Waals surface area (Å²) in [5.41, 5.74) is 3.38. The Kier molecular flexibility index (Phi) is 7.63. The Labute approximate surface area is 155 Å². The van der Waals surface area contributed by atoms with Crippen molar-refractivity contribution in [2.24, 2.45) is 0 Å². The molecule has 5 heteroatoms. The first-order valence-corrected chi connectivity index (χ1v) is 8.91. The summed E-state index contributed by atoms with van der Waals surface area (Å²) in [5, 5.41) is 0. The highest BCUT2D eigenvalue weighted by atomic mass is 16.6. The summed E-state index contributed by atoms with van der Waals surface area (Å²) in [6.45, 7) is 10.5. The average Bonchev–Trinajstić information content (AvgIpc) is 3.14. The molecule has 1 aliphatic rings. The number of carbonyl (C=O) groups is 1. The van der Waals surface area contributed by atoms with Crippen molar-refractivity contribution in [3.05, 3.63) is 71.8 Å². The molecule has 0 bridgehead atoms. The van der Waals surface area contributed by atoms with E-state index in [1.54, 1.807) is 18.2 Å². The third-order valence-corrected chi connectivity index (χ3v) is 3.84. The molecule has 0 amide bonds. The van der Waals surface area contributed by atoms with Crippen LogP contribution in [0.15, 0.2) is 55.1 Å². The van der Waals surface area contributed by atoms with E-state index in [0.29, 0.717) is 12.2 Å². The van der Waals surface area contributed by atoms with Crippen LogP contribution in [0.5, 0.6) is 0 Å². The lowest BCUT2D eigenvalue weighted by atomic mass is 9.79. The zero-order valence-electron chi connectivity index (χ0n) is 15.6. The molecule has 0 radical (unpaired) electrons. The lowest BCUT2D eigenvalue weighted by molar-refractivity contribution is 0.0472. The standard InChI is InChI=1S/C19H19BO4.C2H6/c1-3-15-4-6-16(7-5-15)13-22-19(21)17-8-10-18(11-9-17)20-23-12-14(2)24-20;1-2/h3-11,14H,1,12-13H2,2H3;1-2H3. The van der Waals surface area contributed by atoms with Crippen LogP contribution in [0.1, 0.15) is 42.3 Å². The van der Waals surface area contributed by atoms with E-state index in [2.05, 4.69) is 6.58 Å². The number of hydrogen-bond donors (Lipinski definition) is 0. The van der Waals surface area contributed by atoms with E-state index in [0.717, 1.165) is 16.6 Å². The van der Waals surface area contributed by atoms with Crippen molar-refractivity contribution < 1.29 is 18.8 Å². The van der Waals surface area contributed by atoms with Crippen molar-refractivity contribution in [1.29, 1.82) is 0 Å². The largest absolute Gasteiger partial charge is 0.494 e. The van der Waals surface area contributed by atoms with Gasteiger partial charge in [0.25, 0.3) is 0 Å². The highest BCUT2D eigenvalue weighted by molar-refractivity contribution is 6.61. The van der Waals surface area contributed by atoms with Gasteiger partial charge in [-0.3, -0.25) is 0 Å². The van der Waals surface area contributed by atoms with Crippen LogP contribution in [0, 0.1) is 0 Å². The first kappa shape index (κ1) is 20.0. The van der Waals surface area contributed by atoms with Crippen molar-refractivity contribution in [3.63, 3.8) is 0 Å². The van der Waals surface area contributed by atoms with Crippen LogP contribution in [0.25, 0.3) is 6.08 Å². The van der Waals surface area contributed by atoms with Gasteiger partial charge in [-0.05, 0) is 35.6 Å². The Hall–Kier alpha value is -2.37. The molecule has 1 saturated heterocycles. The fourth-order valence-corrected chi connectivity index (χ4v) is 2.45. The van der Waals surface area contributed by atoms with E-state index in [-0.39, 0.29) is 25.8 Å². The molecule has 2 aromatic carbocycles. The van der Waals surface area contributed by atoms with Gasteiger partial charge in [-0.15, -0.1) is 0 Å². The van der Waals surface area contributed by atoms with E-state index < -0.39 is 0 Å². The highest BCUT2D eigenvalue weighted by Gasteiger charge is 2.30. The molecule has 0 saturated carbocycles. The third-order valence-electron chi connectivity index (χ3n) is 3.84. The topological polar surface area (TPSA) is 44.8 Å². The molecule has 1 heterocycles. The monoisotopic (exact) mass is 352 g/mol. The van der Waals surface area contributed by atoms with Gasteiger partial charge in [-0.25, -0.2) is 4.79 Å². The summed E-state index contributed by atoms with van der Waals surface area (Å²) in [4.78, 5) is 12.1. The maximum atomic E-state index is 12.1. The molecule has 0 aromatic heterocycles. The molecule has 0 spiro atoms. The zero-order valence-corrected chi connectivity index (χ0v) is 15.6. The third kappa shape index (κ3) is 5.31. The summed E-state index contributed by atoms with van der Waals surface area (Å²) in [7, 11) is -0.353. The molecule has 26 heavy (non-hydrogen) atoms. The van der Waals surface area contributed by atoms with E-state index in [1.165, 1.54) is 0 Å². The van der Waals surface area contributed by atoms with Gasteiger partial charge in [0.2, 0.25) is 0 Å². The van der Waals surface area contributed by atoms with Gasteiger partial charge in [-0.1, -0.05) is 62.9 Å². The summed E-state index contributed by atoms with van der Waals surface area (Å²) in [6, 6.07) is 14.8. The summed E-state index contributed by atoms with van der Waals surface area (Å²) < 4.78 is 16.5. The molecule has 4 nitrogen and oxygen atoms in total. The van der Waals surface area contributed by atoms with Crippen LogP contribution >= 0.6 is 0 Å². The predicted molar refractivity (Wildman–Crippen MR) is 105 cm³/mol. The number of carbonyl (C=O) groups excluding carboxylic acids is 1. The molecule has 1 atom stereocenters. The first-order chi connectivity index (χ1) is 12.7. The molecule has 0 aliphatic carbocycles. The van der Waals surface area contributed by atoms with Gasteiger partial charge in [0.1, 0.15) is 6.61 Å². The fraction of sp³-hybridized carbons (Fsp3) is 0.286. The van der Waals surface area contributed by atoms with Crippen molar-refractivity contribution in [2.75, 3.05) is 6.61 Å². The van der Waals surface area contributed by atoms with Crippen LogP contribution in [0.2, 0.25) is 0 Å². The second-order valence-corrected chi connectivity index (χ2v) is 5.76. The normalized spacial score (nSPS) is 15.8. The van der Waals surface area contributed by atoms with Crippen molar-refractivity contribution >= 4 is 24.6 Å². The minimum absolute atomic E-state index is 0.0899. The lowest BCUT2D eigenvalue weighted by Gasteiger charge is -2.08. The Bertz CT molecular complexity index is 710. The molecule has 1 fully saturated rings. The van der Waals surface area contributed by atoms with Gasteiger partial charge in [0, 0.05) is 0 Å². The van der Waals surface area contributed by atoms with Crippen LogP contribution in [-0.2, 0) is 20.7 Å². The van der Waals surface area contributed by atoms with Crippen LogP contribution in [0.3, 0.4) is 0 Å². The van der Waals surface area contributed by atoms with E-state index >= 15 is 0 Å². The van der Waals surface area contributed by atoms with E-state index in [1.807, 2.05) is 57.2 Å². The van der Waals surface area contributed by atoms with Gasteiger partial charge in [0.05, 0.1) is 18.3 Å². The molecule has 1 aliphatic heterocycles. The lowest BCUT2D eigenvalue weighted by Crippen LogP contribution is -2.32. The number of ether oxygens (including phenoxy) is 1. The Morgan fingerprint density at radius 1 is 1.19 bits per heavy atom. The molecule has 0 N–H and O–H groups in total. The molecule has 1 unspecified atom stereocenters. The van der Waals surface area contributed by atoms with Gasteiger partial charge >= 0.3 is 13.1 Å². The predicted octanol–water partition coefficient (Wildman–Crippen LogP) is 3.84. The Balaban J connectivity index is 0.00000117. The second-order valence-electron chi connectivity index (χ2n) is 5.76. The maximum Gasteiger partial charge on any atom is 0.494 e. The van der Waals surface area contributed by atoms with E-state index in [9.17, 15) is 4.79 Å². The van der Waals surface area contributed by atoms with Crippen molar-refractivity contribution in [2.45, 2.75) is 33.5 Å². The summed E-state index contributed by atoms with van der Waals surface area (Å²) in [5.74, 6) is -0.351. The van der Waals surface area contributed by atoms with Crippen LogP contribution in [0.4, 0.5) is 0 Å². The van der Waals surface area contributed by atoms with Crippen LogP contribution in [-0.4, -0.2) is 25.8 Å². The second kappa shape index (κ2) is 9.95. The molecule has 3 rings (SSSR count). The number of hydrogen-bond acceptors (Lipinski definition) is 4. The SMILES string of the molecule is C=Cc1ccc(COC(=O)c2ccc(B3OCC(C)O3)cc2)cc1.CC. The zero-order chi connectivity index (χ0) is 18.9. The maximum absolute atomic E-state index is 12.1. The molecule has 2 aromatic rings. The minimum Gasteiger partial charge on any atom is -0.457 e.